The van der Waals surface area contributed by atoms with Gasteiger partial charge in [-0.25, -0.2) is 4.98 Å². The molecule has 0 fully saturated rings. The average Bonchev–Trinajstić information content (AvgIpc) is 3.30. The van der Waals surface area contributed by atoms with Crippen LogP contribution >= 0.6 is 0 Å². The summed E-state index contributed by atoms with van der Waals surface area (Å²) in [4.78, 5) is 5.57. The van der Waals surface area contributed by atoms with E-state index in [2.05, 4.69) is 182 Å². The first-order valence-electron chi connectivity index (χ1n) is 19.8. The Kier molecular flexibility index (Phi) is 7.03. The molecule has 0 aliphatic heterocycles. The van der Waals surface area contributed by atoms with E-state index < -0.39 is 0 Å². The minimum atomic E-state index is 0.651. The highest BCUT2D eigenvalue weighted by Gasteiger charge is 2.19. The number of fused-ring (bicyclic) bond motifs is 15. The first kappa shape index (κ1) is 32.4. The van der Waals surface area contributed by atoms with Gasteiger partial charge in [-0.05, 0) is 117 Å². The van der Waals surface area contributed by atoms with E-state index in [1.165, 1.54) is 64.6 Å². The fourth-order valence-corrected chi connectivity index (χ4v) is 9.62. The summed E-state index contributed by atoms with van der Waals surface area (Å²) in [7, 11) is 0. The Bertz CT molecular complexity index is 3690. The van der Waals surface area contributed by atoms with Gasteiger partial charge in [0.25, 0.3) is 0 Å². The van der Waals surface area contributed by atoms with Crippen molar-refractivity contribution in [3.8, 4) is 39.6 Å². The molecule has 12 aromatic rings. The van der Waals surface area contributed by atoms with Gasteiger partial charge >= 0.3 is 0 Å². The molecule has 0 saturated carbocycles. The summed E-state index contributed by atoms with van der Waals surface area (Å²) in [6.07, 6.45) is 0. The summed E-state index contributed by atoms with van der Waals surface area (Å²) >= 11 is 0. The highest BCUT2D eigenvalue weighted by atomic mass is 14.7. The summed E-state index contributed by atoms with van der Waals surface area (Å²) in [5, 5.41) is 28.3. The maximum atomic E-state index is 10.3. The number of pyridine rings is 1. The predicted molar refractivity (Wildman–Crippen MR) is 245 cm³/mol. The van der Waals surface area contributed by atoms with Gasteiger partial charge in [-0.3, -0.25) is 0 Å². The Hall–Kier alpha value is -7.86. The van der Waals surface area contributed by atoms with Crippen molar-refractivity contribution in [1.82, 2.24) is 4.98 Å². The maximum Gasteiger partial charge on any atom is 0.0998 e. The van der Waals surface area contributed by atoms with Crippen LogP contribution in [0.1, 0.15) is 5.56 Å². The van der Waals surface area contributed by atoms with Crippen molar-refractivity contribution in [3.63, 3.8) is 0 Å². The summed E-state index contributed by atoms with van der Waals surface area (Å²) < 4.78 is 0. The van der Waals surface area contributed by atoms with Crippen LogP contribution in [0.4, 0.5) is 0 Å². The van der Waals surface area contributed by atoms with Crippen molar-refractivity contribution >= 4 is 86.3 Å². The van der Waals surface area contributed by atoms with Crippen LogP contribution < -0.4 is 0 Å². The van der Waals surface area contributed by atoms with Gasteiger partial charge in [0.1, 0.15) is 0 Å². The van der Waals surface area contributed by atoms with E-state index >= 15 is 0 Å². The largest absolute Gasteiger partial charge is 0.247 e. The van der Waals surface area contributed by atoms with Crippen LogP contribution in [-0.4, -0.2) is 4.98 Å². The Morgan fingerprint density at radius 2 is 0.707 bits per heavy atom. The molecule has 0 radical (unpaired) electrons. The van der Waals surface area contributed by atoms with Crippen molar-refractivity contribution in [2.45, 2.75) is 0 Å². The van der Waals surface area contributed by atoms with Gasteiger partial charge in [-0.2, -0.15) is 5.26 Å². The van der Waals surface area contributed by atoms with E-state index in [9.17, 15) is 5.26 Å². The van der Waals surface area contributed by atoms with E-state index in [1.54, 1.807) is 0 Å². The van der Waals surface area contributed by atoms with Gasteiger partial charge in [0.15, 0.2) is 0 Å². The third-order valence-electron chi connectivity index (χ3n) is 12.3. The molecule has 58 heavy (non-hydrogen) atoms. The average molecular weight is 733 g/mol. The monoisotopic (exact) mass is 732 g/mol. The van der Waals surface area contributed by atoms with Crippen molar-refractivity contribution in [2.24, 2.45) is 0 Å². The molecule has 0 aliphatic carbocycles. The normalized spacial score (nSPS) is 11.8. The van der Waals surface area contributed by atoms with Gasteiger partial charge in [-0.1, -0.05) is 164 Å². The Labute approximate surface area is 334 Å². The summed E-state index contributed by atoms with van der Waals surface area (Å²) in [6, 6.07) is 72.2. The predicted octanol–water partition coefficient (Wildman–Crippen LogP) is 15.2. The number of nitrogens with zero attached hydrogens (tertiary/aromatic N) is 2. The molecule has 1 aromatic heterocycles. The van der Waals surface area contributed by atoms with Gasteiger partial charge in [0, 0.05) is 21.9 Å². The molecular formula is C56H32N2. The second-order valence-electron chi connectivity index (χ2n) is 15.3. The lowest BCUT2D eigenvalue weighted by molar-refractivity contribution is 1.41. The Morgan fingerprint density at radius 1 is 0.293 bits per heavy atom. The second kappa shape index (κ2) is 12.6. The quantitative estimate of drug-likeness (QED) is 0.170. The molecule has 0 bridgehead atoms. The molecule has 0 N–H and O–H groups in total. The van der Waals surface area contributed by atoms with Gasteiger partial charge in [-0.15, -0.1) is 0 Å². The van der Waals surface area contributed by atoms with E-state index in [-0.39, 0.29) is 0 Å². The summed E-state index contributed by atoms with van der Waals surface area (Å²) in [5.74, 6) is 0. The lowest BCUT2D eigenvalue weighted by Gasteiger charge is -2.18. The molecule has 2 nitrogen and oxygen atoms in total. The molecular weight excluding hydrogens is 701 g/mol. The van der Waals surface area contributed by atoms with E-state index in [1.807, 2.05) is 18.2 Å². The molecule has 2 heteroatoms. The van der Waals surface area contributed by atoms with Gasteiger partial charge < -0.3 is 0 Å². The SMILES string of the molecule is N#Cc1ccccc1-c1cc2c(-c3ccc4c5ccccc5c5ccccc5c4c3)cc(-c3ccc4c5ccccc5c5ccccc5c4c3)nc2c2ccccc12. The molecule has 266 valence electrons. The van der Waals surface area contributed by atoms with Crippen LogP contribution in [0.5, 0.6) is 0 Å². The zero-order valence-corrected chi connectivity index (χ0v) is 31.4. The first-order chi connectivity index (χ1) is 28.7. The van der Waals surface area contributed by atoms with Crippen LogP contribution in [-0.2, 0) is 0 Å². The summed E-state index contributed by atoms with van der Waals surface area (Å²) in [5.41, 5.74) is 7.74. The highest BCUT2D eigenvalue weighted by molar-refractivity contribution is 6.27. The Morgan fingerprint density at radius 3 is 1.24 bits per heavy atom. The van der Waals surface area contributed by atoms with Gasteiger partial charge in [0.05, 0.1) is 22.8 Å². The molecule has 11 aromatic carbocycles. The zero-order valence-electron chi connectivity index (χ0n) is 31.4. The highest BCUT2D eigenvalue weighted by Crippen LogP contribution is 2.44. The van der Waals surface area contributed by atoms with Crippen LogP contribution in [0.25, 0.3) is 120 Å². The molecule has 0 spiro atoms. The van der Waals surface area contributed by atoms with Crippen LogP contribution in [0, 0.1) is 11.3 Å². The number of hydrogen-bond donors (Lipinski definition) is 0. The number of benzene rings is 11. The minimum Gasteiger partial charge on any atom is -0.247 e. The lowest BCUT2D eigenvalue weighted by Crippen LogP contribution is -1.95. The number of rotatable bonds is 3. The topological polar surface area (TPSA) is 36.7 Å². The fourth-order valence-electron chi connectivity index (χ4n) is 9.62. The Balaban J connectivity index is 1.20. The molecule has 0 aliphatic rings. The molecule has 0 amide bonds. The standard InChI is InChI=1S/C56H32N2/c57-33-36-13-1-2-14-37(36)53-31-54-50(34-25-27-47-42-19-5-3-15-38(42)40-17-7-9-21-44(40)51(47)29-34)32-55(58-56(54)49-24-12-11-23-46(49)53)35-26-28-48-43-20-6-4-16-39(43)41-18-8-10-22-45(41)52(48)30-35/h1-32H. The summed E-state index contributed by atoms with van der Waals surface area (Å²) in [6.45, 7) is 0. The van der Waals surface area contributed by atoms with Gasteiger partial charge in [0.2, 0.25) is 0 Å². The number of aromatic nitrogens is 1. The van der Waals surface area contributed by atoms with E-state index in [4.69, 9.17) is 4.98 Å². The first-order valence-corrected chi connectivity index (χ1v) is 19.8. The van der Waals surface area contributed by atoms with E-state index in [0.717, 1.165) is 55.2 Å². The third-order valence-corrected chi connectivity index (χ3v) is 12.3. The molecule has 1 heterocycles. The maximum absolute atomic E-state index is 10.3. The van der Waals surface area contributed by atoms with Crippen molar-refractivity contribution in [1.29, 1.82) is 5.26 Å². The van der Waals surface area contributed by atoms with Crippen molar-refractivity contribution in [2.75, 3.05) is 0 Å². The third kappa shape index (κ3) is 4.75. The smallest absolute Gasteiger partial charge is 0.0998 e. The fraction of sp³-hybridized carbons (Fsp3) is 0. The lowest BCUT2D eigenvalue weighted by atomic mass is 9.88. The molecule has 0 saturated heterocycles. The second-order valence-corrected chi connectivity index (χ2v) is 15.3. The molecule has 0 atom stereocenters. The number of nitriles is 1. The number of hydrogen-bond acceptors (Lipinski definition) is 2. The molecule has 0 unspecified atom stereocenters. The molecule has 12 rings (SSSR count). The van der Waals surface area contributed by atoms with Crippen LogP contribution in [0.15, 0.2) is 194 Å². The van der Waals surface area contributed by atoms with Crippen molar-refractivity contribution < 1.29 is 0 Å². The van der Waals surface area contributed by atoms with Crippen LogP contribution in [0.2, 0.25) is 0 Å². The van der Waals surface area contributed by atoms with Crippen LogP contribution in [0.3, 0.4) is 0 Å². The van der Waals surface area contributed by atoms with E-state index in [0.29, 0.717) is 5.56 Å². The van der Waals surface area contributed by atoms with Crippen molar-refractivity contribution in [3.05, 3.63) is 200 Å². The minimum absolute atomic E-state index is 0.651. The zero-order chi connectivity index (χ0) is 38.3.